The SMILES string of the molecule is O=C(Nc1ccc(S(=O)(=O)NCCO)cc1)C1CCC1. The van der Waals surface area contributed by atoms with Crippen molar-refractivity contribution in [3.8, 4) is 0 Å². The lowest BCUT2D eigenvalue weighted by Crippen LogP contribution is -2.28. The van der Waals surface area contributed by atoms with E-state index in [1.807, 2.05) is 0 Å². The zero-order valence-corrected chi connectivity index (χ0v) is 11.8. The maximum Gasteiger partial charge on any atom is 0.240 e. The minimum atomic E-state index is -3.60. The summed E-state index contributed by atoms with van der Waals surface area (Å²) in [6.07, 6.45) is 2.93. The van der Waals surface area contributed by atoms with Gasteiger partial charge in [-0.05, 0) is 37.1 Å². The van der Waals surface area contributed by atoms with Crippen LogP contribution < -0.4 is 10.0 Å². The number of rotatable bonds is 6. The second-order valence-electron chi connectivity index (χ2n) is 4.76. The monoisotopic (exact) mass is 298 g/mol. The largest absolute Gasteiger partial charge is 0.395 e. The molecule has 0 heterocycles. The van der Waals surface area contributed by atoms with Crippen molar-refractivity contribution in [1.29, 1.82) is 0 Å². The highest BCUT2D eigenvalue weighted by Gasteiger charge is 2.25. The average molecular weight is 298 g/mol. The van der Waals surface area contributed by atoms with E-state index in [2.05, 4.69) is 10.0 Å². The molecule has 0 radical (unpaired) electrons. The minimum absolute atomic E-state index is 0.00902. The summed E-state index contributed by atoms with van der Waals surface area (Å²) in [5, 5.41) is 11.4. The summed E-state index contributed by atoms with van der Waals surface area (Å²) in [5.74, 6) is 0.0786. The number of carbonyl (C=O) groups excluding carboxylic acids is 1. The Kier molecular flexibility index (Phi) is 4.74. The van der Waals surface area contributed by atoms with E-state index < -0.39 is 10.0 Å². The van der Waals surface area contributed by atoms with Crippen molar-refractivity contribution in [1.82, 2.24) is 4.72 Å². The van der Waals surface area contributed by atoms with Crippen LogP contribution in [0.25, 0.3) is 0 Å². The lowest BCUT2D eigenvalue weighted by Gasteiger charge is -2.24. The topological polar surface area (TPSA) is 95.5 Å². The Morgan fingerprint density at radius 3 is 2.40 bits per heavy atom. The third-order valence-corrected chi connectivity index (χ3v) is 4.79. The van der Waals surface area contributed by atoms with Gasteiger partial charge in [0, 0.05) is 18.2 Å². The number of aliphatic hydroxyl groups excluding tert-OH is 1. The summed E-state index contributed by atoms with van der Waals surface area (Å²) in [5.41, 5.74) is 0.586. The molecule has 1 saturated carbocycles. The van der Waals surface area contributed by atoms with E-state index in [-0.39, 0.29) is 29.9 Å². The molecule has 1 amide bonds. The number of benzene rings is 1. The second kappa shape index (κ2) is 6.34. The molecule has 0 atom stereocenters. The predicted octanol–water partition coefficient (Wildman–Crippen LogP) is 0.696. The normalized spacial score (nSPS) is 15.7. The number of nitrogens with one attached hydrogen (secondary N) is 2. The predicted molar refractivity (Wildman–Crippen MR) is 74.7 cm³/mol. The fraction of sp³-hybridized carbons (Fsp3) is 0.462. The molecule has 0 saturated heterocycles. The maximum absolute atomic E-state index is 11.8. The summed E-state index contributed by atoms with van der Waals surface area (Å²) in [7, 11) is -3.60. The summed E-state index contributed by atoms with van der Waals surface area (Å²) in [6, 6.07) is 5.97. The fourth-order valence-corrected chi connectivity index (χ4v) is 2.92. The molecule has 0 aromatic heterocycles. The number of anilines is 1. The summed E-state index contributed by atoms with van der Waals surface area (Å²) < 4.78 is 25.8. The molecule has 0 aliphatic heterocycles. The first-order valence-electron chi connectivity index (χ1n) is 6.54. The van der Waals surface area contributed by atoms with Crippen LogP contribution in [0, 0.1) is 5.92 Å². The van der Waals surface area contributed by atoms with Gasteiger partial charge in [0.2, 0.25) is 15.9 Å². The van der Waals surface area contributed by atoms with Gasteiger partial charge in [0.05, 0.1) is 11.5 Å². The molecule has 0 unspecified atom stereocenters. The molecule has 1 aliphatic carbocycles. The molecular weight excluding hydrogens is 280 g/mol. The van der Waals surface area contributed by atoms with Crippen molar-refractivity contribution in [2.45, 2.75) is 24.2 Å². The van der Waals surface area contributed by atoms with E-state index in [0.29, 0.717) is 5.69 Å². The van der Waals surface area contributed by atoms with Crippen LogP contribution in [-0.4, -0.2) is 32.6 Å². The van der Waals surface area contributed by atoms with Crippen molar-refractivity contribution in [3.63, 3.8) is 0 Å². The standard InChI is InChI=1S/C13H18N2O4S/c16-9-8-14-20(18,19)12-6-4-11(5-7-12)15-13(17)10-2-1-3-10/h4-7,10,14,16H,1-3,8-9H2,(H,15,17). The Hall–Kier alpha value is -1.44. The van der Waals surface area contributed by atoms with Gasteiger partial charge < -0.3 is 10.4 Å². The molecule has 3 N–H and O–H groups in total. The van der Waals surface area contributed by atoms with Crippen molar-refractivity contribution in [2.75, 3.05) is 18.5 Å². The van der Waals surface area contributed by atoms with E-state index in [4.69, 9.17) is 5.11 Å². The number of sulfonamides is 1. The van der Waals surface area contributed by atoms with Crippen molar-refractivity contribution in [3.05, 3.63) is 24.3 Å². The third kappa shape index (κ3) is 3.56. The second-order valence-corrected chi connectivity index (χ2v) is 6.53. The van der Waals surface area contributed by atoms with Crippen LogP contribution in [-0.2, 0) is 14.8 Å². The Morgan fingerprint density at radius 1 is 1.25 bits per heavy atom. The smallest absolute Gasteiger partial charge is 0.240 e. The van der Waals surface area contributed by atoms with Gasteiger partial charge >= 0.3 is 0 Å². The molecule has 1 fully saturated rings. The lowest BCUT2D eigenvalue weighted by atomic mass is 9.85. The van der Waals surface area contributed by atoms with E-state index >= 15 is 0 Å². The number of amides is 1. The van der Waals surface area contributed by atoms with E-state index in [1.165, 1.54) is 12.1 Å². The van der Waals surface area contributed by atoms with Gasteiger partial charge in [0.1, 0.15) is 0 Å². The van der Waals surface area contributed by atoms with Crippen molar-refractivity contribution < 1.29 is 18.3 Å². The Morgan fingerprint density at radius 2 is 1.90 bits per heavy atom. The Labute approximate surface area is 118 Å². The molecule has 1 aromatic carbocycles. The van der Waals surface area contributed by atoms with Crippen LogP contribution in [0.2, 0.25) is 0 Å². The van der Waals surface area contributed by atoms with Crippen LogP contribution in [0.1, 0.15) is 19.3 Å². The van der Waals surface area contributed by atoms with E-state index in [9.17, 15) is 13.2 Å². The molecule has 0 bridgehead atoms. The highest BCUT2D eigenvalue weighted by atomic mass is 32.2. The molecule has 0 spiro atoms. The molecule has 20 heavy (non-hydrogen) atoms. The molecule has 6 nitrogen and oxygen atoms in total. The van der Waals surface area contributed by atoms with Crippen molar-refractivity contribution in [2.24, 2.45) is 5.92 Å². The number of aliphatic hydroxyl groups is 1. The molecule has 7 heteroatoms. The van der Waals surface area contributed by atoms with Crippen LogP contribution in [0.15, 0.2) is 29.2 Å². The number of hydrogen-bond acceptors (Lipinski definition) is 4. The lowest BCUT2D eigenvalue weighted by molar-refractivity contribution is -0.122. The molecule has 2 rings (SSSR count). The van der Waals surface area contributed by atoms with Gasteiger partial charge in [-0.1, -0.05) is 6.42 Å². The van der Waals surface area contributed by atoms with E-state index in [0.717, 1.165) is 19.3 Å². The van der Waals surface area contributed by atoms with Gasteiger partial charge in [-0.2, -0.15) is 0 Å². The fourth-order valence-electron chi connectivity index (χ4n) is 1.90. The zero-order chi connectivity index (χ0) is 14.6. The van der Waals surface area contributed by atoms with Gasteiger partial charge in [0.15, 0.2) is 0 Å². The molecule has 110 valence electrons. The number of hydrogen-bond donors (Lipinski definition) is 3. The summed E-state index contributed by atoms with van der Waals surface area (Å²) in [4.78, 5) is 11.9. The Balaban J connectivity index is 2.00. The molecular formula is C13H18N2O4S. The van der Waals surface area contributed by atoms with Crippen LogP contribution in [0.5, 0.6) is 0 Å². The van der Waals surface area contributed by atoms with E-state index in [1.54, 1.807) is 12.1 Å². The average Bonchev–Trinajstić information content (AvgIpc) is 2.35. The van der Waals surface area contributed by atoms with Gasteiger partial charge in [-0.25, -0.2) is 13.1 Å². The zero-order valence-electron chi connectivity index (χ0n) is 11.0. The van der Waals surface area contributed by atoms with Gasteiger partial charge in [-0.15, -0.1) is 0 Å². The first kappa shape index (κ1) is 15.0. The minimum Gasteiger partial charge on any atom is -0.395 e. The van der Waals surface area contributed by atoms with Gasteiger partial charge in [0.25, 0.3) is 0 Å². The highest BCUT2D eigenvalue weighted by Crippen LogP contribution is 2.27. The van der Waals surface area contributed by atoms with Gasteiger partial charge in [-0.3, -0.25) is 4.79 Å². The van der Waals surface area contributed by atoms with Crippen molar-refractivity contribution >= 4 is 21.6 Å². The quantitative estimate of drug-likeness (QED) is 0.720. The highest BCUT2D eigenvalue weighted by molar-refractivity contribution is 7.89. The first-order chi connectivity index (χ1) is 9.53. The summed E-state index contributed by atoms with van der Waals surface area (Å²) >= 11 is 0. The Bertz CT molecular complexity index is 565. The molecule has 1 aliphatic rings. The third-order valence-electron chi connectivity index (χ3n) is 3.31. The molecule has 1 aromatic rings. The summed E-state index contributed by atoms with van der Waals surface area (Å²) in [6.45, 7) is -0.280. The van der Waals surface area contributed by atoms with Crippen LogP contribution in [0.4, 0.5) is 5.69 Å². The van der Waals surface area contributed by atoms with Crippen LogP contribution >= 0.6 is 0 Å². The van der Waals surface area contributed by atoms with Crippen LogP contribution in [0.3, 0.4) is 0 Å². The maximum atomic E-state index is 11.8. The number of carbonyl (C=O) groups is 1. The first-order valence-corrected chi connectivity index (χ1v) is 8.03.